The lowest BCUT2D eigenvalue weighted by Gasteiger charge is -2.31. The van der Waals surface area contributed by atoms with Gasteiger partial charge in [0.15, 0.2) is 0 Å². The van der Waals surface area contributed by atoms with E-state index in [-0.39, 0.29) is 5.82 Å². The molecular formula is C17H19ClFN3. The van der Waals surface area contributed by atoms with Crippen LogP contribution in [-0.2, 0) is 6.54 Å². The van der Waals surface area contributed by atoms with Crippen molar-refractivity contribution >= 4 is 11.6 Å². The number of likely N-dealkylation sites (tertiary alicyclic amines) is 1. The van der Waals surface area contributed by atoms with Crippen molar-refractivity contribution in [2.45, 2.75) is 32.2 Å². The molecule has 116 valence electrons. The number of rotatable bonds is 3. The largest absolute Gasteiger partial charge is 0.299 e. The number of aromatic nitrogens is 2. The van der Waals surface area contributed by atoms with E-state index in [0.29, 0.717) is 10.9 Å². The Balaban J connectivity index is 1.60. The fourth-order valence-corrected chi connectivity index (χ4v) is 3.21. The molecule has 0 atom stereocenters. The summed E-state index contributed by atoms with van der Waals surface area (Å²) < 4.78 is 13.1. The summed E-state index contributed by atoms with van der Waals surface area (Å²) in [6.07, 6.45) is 3.99. The van der Waals surface area contributed by atoms with Gasteiger partial charge in [-0.25, -0.2) is 14.4 Å². The lowest BCUT2D eigenvalue weighted by molar-refractivity contribution is 0.203. The van der Waals surface area contributed by atoms with E-state index in [1.807, 2.05) is 19.2 Å². The SMILES string of the molecule is Cc1nccc(C2CCN(Cc3ccc(F)cc3Cl)CC2)n1. The quantitative estimate of drug-likeness (QED) is 0.857. The summed E-state index contributed by atoms with van der Waals surface area (Å²) in [4.78, 5) is 11.1. The maximum atomic E-state index is 13.1. The van der Waals surface area contributed by atoms with Gasteiger partial charge in [-0.3, -0.25) is 4.90 Å². The molecule has 0 N–H and O–H groups in total. The molecule has 2 aromatic rings. The van der Waals surface area contributed by atoms with Crippen LogP contribution in [0, 0.1) is 12.7 Å². The van der Waals surface area contributed by atoms with E-state index in [1.54, 1.807) is 6.07 Å². The van der Waals surface area contributed by atoms with Gasteiger partial charge in [0.05, 0.1) is 0 Å². The van der Waals surface area contributed by atoms with Crippen molar-refractivity contribution in [1.29, 1.82) is 0 Å². The van der Waals surface area contributed by atoms with Gasteiger partial charge in [-0.15, -0.1) is 0 Å². The lowest BCUT2D eigenvalue weighted by Crippen LogP contribution is -2.32. The molecular weight excluding hydrogens is 301 g/mol. The van der Waals surface area contributed by atoms with Crippen molar-refractivity contribution in [2.24, 2.45) is 0 Å². The Morgan fingerprint density at radius 1 is 1.27 bits per heavy atom. The molecule has 5 heteroatoms. The number of hydrogen-bond acceptors (Lipinski definition) is 3. The molecule has 1 aromatic carbocycles. The molecule has 1 aliphatic rings. The zero-order valence-corrected chi connectivity index (χ0v) is 13.4. The highest BCUT2D eigenvalue weighted by Crippen LogP contribution is 2.28. The Morgan fingerprint density at radius 3 is 2.73 bits per heavy atom. The van der Waals surface area contributed by atoms with Crippen molar-refractivity contribution in [3.8, 4) is 0 Å². The predicted molar refractivity (Wildman–Crippen MR) is 85.4 cm³/mol. The molecule has 0 aliphatic carbocycles. The molecule has 1 aliphatic heterocycles. The smallest absolute Gasteiger partial charge is 0.125 e. The molecule has 0 saturated carbocycles. The standard InChI is InChI=1S/C17H19ClFN3/c1-12-20-7-4-17(21-12)13-5-8-22(9-6-13)11-14-2-3-15(19)10-16(14)18/h2-4,7,10,13H,5-6,8-9,11H2,1H3. The fourth-order valence-electron chi connectivity index (χ4n) is 2.98. The molecule has 0 radical (unpaired) electrons. The van der Waals surface area contributed by atoms with Crippen LogP contribution in [-0.4, -0.2) is 28.0 Å². The molecule has 0 unspecified atom stereocenters. The zero-order valence-electron chi connectivity index (χ0n) is 12.6. The van der Waals surface area contributed by atoms with Crippen molar-refractivity contribution in [3.63, 3.8) is 0 Å². The summed E-state index contributed by atoms with van der Waals surface area (Å²) in [5.74, 6) is 1.05. The van der Waals surface area contributed by atoms with E-state index in [4.69, 9.17) is 11.6 Å². The van der Waals surface area contributed by atoms with Gasteiger partial charge in [-0.2, -0.15) is 0 Å². The minimum Gasteiger partial charge on any atom is -0.299 e. The van der Waals surface area contributed by atoms with E-state index in [9.17, 15) is 4.39 Å². The second kappa shape index (κ2) is 6.71. The Kier molecular flexibility index (Phi) is 4.69. The van der Waals surface area contributed by atoms with Gasteiger partial charge in [-0.1, -0.05) is 17.7 Å². The monoisotopic (exact) mass is 319 g/mol. The van der Waals surface area contributed by atoms with Crippen LogP contribution in [0.4, 0.5) is 4.39 Å². The normalized spacial score (nSPS) is 16.9. The lowest BCUT2D eigenvalue weighted by atomic mass is 9.93. The second-order valence-corrected chi connectivity index (χ2v) is 6.22. The van der Waals surface area contributed by atoms with Crippen molar-refractivity contribution in [2.75, 3.05) is 13.1 Å². The first kappa shape index (κ1) is 15.4. The fraction of sp³-hybridized carbons (Fsp3) is 0.412. The van der Waals surface area contributed by atoms with Crippen LogP contribution in [0.25, 0.3) is 0 Å². The van der Waals surface area contributed by atoms with E-state index in [1.165, 1.54) is 12.1 Å². The van der Waals surface area contributed by atoms with Crippen LogP contribution in [0.1, 0.15) is 35.8 Å². The first-order valence-corrected chi connectivity index (χ1v) is 7.95. The maximum Gasteiger partial charge on any atom is 0.125 e. The first-order valence-electron chi connectivity index (χ1n) is 7.57. The van der Waals surface area contributed by atoms with E-state index in [2.05, 4.69) is 14.9 Å². The number of nitrogens with zero attached hydrogens (tertiary/aromatic N) is 3. The maximum absolute atomic E-state index is 13.1. The summed E-state index contributed by atoms with van der Waals surface area (Å²) in [6.45, 7) is 4.70. The molecule has 0 spiro atoms. The zero-order chi connectivity index (χ0) is 15.5. The van der Waals surface area contributed by atoms with Crippen molar-refractivity contribution in [1.82, 2.24) is 14.9 Å². The summed E-state index contributed by atoms with van der Waals surface area (Å²) in [5, 5.41) is 0.508. The van der Waals surface area contributed by atoms with Gasteiger partial charge >= 0.3 is 0 Å². The Hall–Kier alpha value is -1.52. The third-order valence-electron chi connectivity index (χ3n) is 4.21. The van der Waals surface area contributed by atoms with Gasteiger partial charge in [0, 0.05) is 29.4 Å². The van der Waals surface area contributed by atoms with E-state index in [0.717, 1.165) is 49.6 Å². The van der Waals surface area contributed by atoms with Crippen LogP contribution in [0.15, 0.2) is 30.5 Å². The highest BCUT2D eigenvalue weighted by Gasteiger charge is 2.22. The van der Waals surface area contributed by atoms with Crippen LogP contribution in [0.5, 0.6) is 0 Å². The number of aryl methyl sites for hydroxylation is 1. The summed E-state index contributed by atoms with van der Waals surface area (Å²) in [6, 6.07) is 6.65. The summed E-state index contributed by atoms with van der Waals surface area (Å²) >= 11 is 6.11. The number of benzene rings is 1. The molecule has 1 aromatic heterocycles. The molecule has 2 heterocycles. The highest BCUT2D eigenvalue weighted by atomic mass is 35.5. The van der Waals surface area contributed by atoms with E-state index >= 15 is 0 Å². The van der Waals surface area contributed by atoms with Crippen LogP contribution in [0.2, 0.25) is 5.02 Å². The molecule has 1 saturated heterocycles. The second-order valence-electron chi connectivity index (χ2n) is 5.81. The van der Waals surface area contributed by atoms with Gasteiger partial charge in [0.25, 0.3) is 0 Å². The Bertz CT molecular complexity index is 654. The molecule has 3 rings (SSSR count). The average Bonchev–Trinajstić information content (AvgIpc) is 2.51. The topological polar surface area (TPSA) is 29.0 Å². The van der Waals surface area contributed by atoms with Gasteiger partial charge in [0.1, 0.15) is 11.6 Å². The molecule has 1 fully saturated rings. The summed E-state index contributed by atoms with van der Waals surface area (Å²) in [7, 11) is 0. The van der Waals surface area contributed by atoms with E-state index < -0.39 is 0 Å². The number of hydrogen-bond donors (Lipinski definition) is 0. The van der Waals surface area contributed by atoms with Crippen LogP contribution in [0.3, 0.4) is 0 Å². The van der Waals surface area contributed by atoms with Gasteiger partial charge in [0.2, 0.25) is 0 Å². The molecule has 3 nitrogen and oxygen atoms in total. The molecule has 22 heavy (non-hydrogen) atoms. The van der Waals surface area contributed by atoms with Gasteiger partial charge in [-0.05, 0) is 56.6 Å². The third-order valence-corrected chi connectivity index (χ3v) is 4.56. The molecule has 0 bridgehead atoms. The van der Waals surface area contributed by atoms with Crippen LogP contribution >= 0.6 is 11.6 Å². The Morgan fingerprint density at radius 2 is 2.05 bits per heavy atom. The van der Waals surface area contributed by atoms with Crippen molar-refractivity contribution in [3.05, 3.63) is 58.4 Å². The van der Waals surface area contributed by atoms with Crippen LogP contribution < -0.4 is 0 Å². The third kappa shape index (κ3) is 3.62. The summed E-state index contributed by atoms with van der Waals surface area (Å²) in [5.41, 5.74) is 2.13. The predicted octanol–water partition coefficient (Wildman–Crippen LogP) is 3.96. The van der Waals surface area contributed by atoms with Gasteiger partial charge < -0.3 is 0 Å². The number of halogens is 2. The Labute approximate surface area is 135 Å². The first-order chi connectivity index (χ1) is 10.6. The van der Waals surface area contributed by atoms with Crippen molar-refractivity contribution < 1.29 is 4.39 Å². The highest BCUT2D eigenvalue weighted by molar-refractivity contribution is 6.31. The molecule has 0 amide bonds. The minimum absolute atomic E-state index is 0.286. The number of piperidine rings is 1. The average molecular weight is 320 g/mol. The minimum atomic E-state index is -0.286.